The lowest BCUT2D eigenvalue weighted by atomic mass is 9.97. The number of fused-ring (bicyclic) bond motifs is 3. The smallest absolute Gasteiger partial charge is 0.303 e. The third kappa shape index (κ3) is 10.5. The Labute approximate surface area is 233 Å². The number of carboxylic acid groups (broad SMARTS) is 1. The van der Waals surface area contributed by atoms with Gasteiger partial charge in [0.25, 0.3) is 0 Å². The molecule has 0 radical (unpaired) electrons. The molecule has 0 saturated heterocycles. The van der Waals surface area contributed by atoms with Gasteiger partial charge in [-0.1, -0.05) is 101 Å². The molecule has 0 saturated carbocycles. The number of carboxylic acids is 1. The van der Waals surface area contributed by atoms with E-state index in [-0.39, 0.29) is 17.8 Å². The molecule has 1 atom stereocenters. The minimum atomic E-state index is -0.687. The van der Waals surface area contributed by atoms with Gasteiger partial charge in [0.1, 0.15) is 6.61 Å². The molecule has 2 aromatic rings. The number of unbranched alkanes of at least 4 members (excludes halogenated alkanes) is 12. The van der Waals surface area contributed by atoms with Crippen molar-refractivity contribution in [3.05, 3.63) is 53.6 Å². The molecule has 6 nitrogen and oxygen atoms in total. The molecule has 0 bridgehead atoms. The number of anilines is 1. The Balaban J connectivity index is 1.27. The van der Waals surface area contributed by atoms with E-state index in [0.717, 1.165) is 60.0 Å². The molecule has 0 spiro atoms. The molecule has 0 heterocycles. The maximum absolute atomic E-state index is 12.6. The first-order valence-corrected chi connectivity index (χ1v) is 14.8. The summed E-state index contributed by atoms with van der Waals surface area (Å²) in [6.07, 6.45) is 15.8. The van der Waals surface area contributed by atoms with Crippen LogP contribution in [-0.2, 0) is 19.1 Å². The Kier molecular flexibility index (Phi) is 13.0. The van der Waals surface area contributed by atoms with E-state index < -0.39 is 5.97 Å². The lowest BCUT2D eigenvalue weighted by molar-refractivity contribution is -0.141. The van der Waals surface area contributed by atoms with Crippen molar-refractivity contribution >= 4 is 23.5 Å². The monoisotopic (exact) mass is 535 g/mol. The molecule has 39 heavy (non-hydrogen) atoms. The first-order valence-electron chi connectivity index (χ1n) is 14.8. The van der Waals surface area contributed by atoms with Gasteiger partial charge in [0.15, 0.2) is 0 Å². The zero-order chi connectivity index (χ0) is 27.9. The highest BCUT2D eigenvalue weighted by Crippen LogP contribution is 2.45. The Morgan fingerprint density at radius 1 is 0.718 bits per heavy atom. The summed E-state index contributed by atoms with van der Waals surface area (Å²) in [6.45, 7) is 1.73. The molecular weight excluding hydrogens is 490 g/mol. The number of amides is 1. The number of nitrogens with one attached hydrogen (secondary N) is 1. The fourth-order valence-corrected chi connectivity index (χ4v) is 5.50. The van der Waals surface area contributed by atoms with Crippen LogP contribution in [-0.4, -0.2) is 29.6 Å². The summed E-state index contributed by atoms with van der Waals surface area (Å²) < 4.78 is 5.36. The van der Waals surface area contributed by atoms with Gasteiger partial charge in [-0.2, -0.15) is 0 Å². The van der Waals surface area contributed by atoms with Crippen molar-refractivity contribution in [3.8, 4) is 11.1 Å². The van der Waals surface area contributed by atoms with Gasteiger partial charge in [-0.25, -0.2) is 0 Å². The van der Waals surface area contributed by atoms with E-state index in [1.54, 1.807) is 0 Å². The van der Waals surface area contributed by atoms with E-state index in [2.05, 4.69) is 23.5 Å². The summed E-state index contributed by atoms with van der Waals surface area (Å²) in [6, 6.07) is 14.2. The SMILES string of the molecule is CC(=O)OCC1c2ccccc2-c2ccc(NC(=O)CCCCCCCCCCCCCCCC(=O)O)cc21. The standard InChI is InChI=1S/C33H45NO5/c1-25(35)39-24-31-28-18-16-15-17-27(28)29-22-21-26(23-30(29)31)34-32(36)19-13-11-9-7-5-3-2-4-6-8-10-12-14-20-33(37)38/h15-18,21-23,31H,2-14,19-20,24H2,1H3,(H,34,36)(H,37,38). The second-order valence-corrected chi connectivity index (χ2v) is 10.8. The number of aliphatic carboxylic acids is 1. The molecule has 1 unspecified atom stereocenters. The highest BCUT2D eigenvalue weighted by atomic mass is 16.5. The van der Waals surface area contributed by atoms with Gasteiger partial charge in [0, 0.05) is 31.4 Å². The molecule has 6 heteroatoms. The van der Waals surface area contributed by atoms with Crippen molar-refractivity contribution in [1.82, 2.24) is 0 Å². The predicted molar refractivity (Wildman–Crippen MR) is 156 cm³/mol. The lowest BCUT2D eigenvalue weighted by Gasteiger charge is -2.14. The number of hydrogen-bond donors (Lipinski definition) is 2. The molecule has 1 aliphatic rings. The van der Waals surface area contributed by atoms with Crippen LogP contribution >= 0.6 is 0 Å². The van der Waals surface area contributed by atoms with Gasteiger partial charge in [0.2, 0.25) is 5.91 Å². The summed E-state index contributed by atoms with van der Waals surface area (Å²) in [5.41, 5.74) is 5.33. The molecule has 2 aromatic carbocycles. The number of ether oxygens (including phenoxy) is 1. The fourth-order valence-electron chi connectivity index (χ4n) is 5.50. The van der Waals surface area contributed by atoms with Crippen LogP contribution < -0.4 is 5.32 Å². The van der Waals surface area contributed by atoms with Crippen molar-refractivity contribution in [2.75, 3.05) is 11.9 Å². The zero-order valence-corrected chi connectivity index (χ0v) is 23.5. The molecule has 3 rings (SSSR count). The summed E-state index contributed by atoms with van der Waals surface area (Å²) in [7, 11) is 0. The zero-order valence-electron chi connectivity index (χ0n) is 23.5. The minimum absolute atomic E-state index is 0.0209. The first-order chi connectivity index (χ1) is 19.0. The molecule has 0 fully saturated rings. The number of rotatable bonds is 19. The number of hydrogen-bond acceptors (Lipinski definition) is 4. The van der Waals surface area contributed by atoms with E-state index in [4.69, 9.17) is 9.84 Å². The quantitative estimate of drug-likeness (QED) is 0.140. The average molecular weight is 536 g/mol. The summed E-state index contributed by atoms with van der Waals surface area (Å²) in [5, 5.41) is 11.7. The third-order valence-corrected chi connectivity index (χ3v) is 7.58. The van der Waals surface area contributed by atoms with Crippen LogP contribution in [0.4, 0.5) is 5.69 Å². The Morgan fingerprint density at radius 2 is 1.26 bits per heavy atom. The summed E-state index contributed by atoms with van der Waals surface area (Å²) in [4.78, 5) is 34.5. The van der Waals surface area contributed by atoms with Crippen LogP contribution in [0.2, 0.25) is 0 Å². The van der Waals surface area contributed by atoms with E-state index in [0.29, 0.717) is 19.4 Å². The number of esters is 1. The first kappa shape index (κ1) is 30.4. The topological polar surface area (TPSA) is 92.7 Å². The van der Waals surface area contributed by atoms with Crippen molar-refractivity contribution < 1.29 is 24.2 Å². The van der Waals surface area contributed by atoms with Gasteiger partial charge in [0.05, 0.1) is 0 Å². The van der Waals surface area contributed by atoms with E-state index in [1.807, 2.05) is 24.3 Å². The van der Waals surface area contributed by atoms with Gasteiger partial charge < -0.3 is 15.2 Å². The third-order valence-electron chi connectivity index (χ3n) is 7.58. The number of carbonyl (C=O) groups excluding carboxylic acids is 2. The van der Waals surface area contributed by atoms with E-state index in [9.17, 15) is 14.4 Å². The lowest BCUT2D eigenvalue weighted by Crippen LogP contribution is -2.12. The van der Waals surface area contributed by atoms with Crippen LogP contribution in [0.15, 0.2) is 42.5 Å². The van der Waals surface area contributed by atoms with Gasteiger partial charge in [-0.3, -0.25) is 14.4 Å². The van der Waals surface area contributed by atoms with Crippen LogP contribution in [0.1, 0.15) is 120 Å². The van der Waals surface area contributed by atoms with E-state index in [1.165, 1.54) is 58.3 Å². The molecule has 1 amide bonds. The fraction of sp³-hybridized carbons (Fsp3) is 0.545. The molecular formula is C33H45NO5. The normalized spacial score (nSPS) is 13.5. The molecule has 0 aromatic heterocycles. The van der Waals surface area contributed by atoms with E-state index >= 15 is 0 Å². The predicted octanol–water partition coefficient (Wildman–Crippen LogP) is 8.24. The van der Waals surface area contributed by atoms with Crippen molar-refractivity contribution in [2.24, 2.45) is 0 Å². The van der Waals surface area contributed by atoms with Gasteiger partial charge in [-0.05, 0) is 47.2 Å². The van der Waals surface area contributed by atoms with Gasteiger partial charge in [-0.15, -0.1) is 0 Å². The van der Waals surface area contributed by atoms with Crippen LogP contribution in [0, 0.1) is 0 Å². The van der Waals surface area contributed by atoms with Gasteiger partial charge >= 0.3 is 11.9 Å². The summed E-state index contributed by atoms with van der Waals surface area (Å²) >= 11 is 0. The molecule has 0 aliphatic heterocycles. The second-order valence-electron chi connectivity index (χ2n) is 10.8. The summed E-state index contributed by atoms with van der Waals surface area (Å²) in [5.74, 6) is -0.950. The maximum Gasteiger partial charge on any atom is 0.303 e. The molecule has 2 N–H and O–H groups in total. The van der Waals surface area contributed by atoms with Crippen molar-refractivity contribution in [3.63, 3.8) is 0 Å². The number of benzene rings is 2. The number of carbonyl (C=O) groups is 3. The highest BCUT2D eigenvalue weighted by molar-refractivity contribution is 5.92. The van der Waals surface area contributed by atoms with Crippen LogP contribution in [0.5, 0.6) is 0 Å². The largest absolute Gasteiger partial charge is 0.481 e. The van der Waals surface area contributed by atoms with Crippen LogP contribution in [0.3, 0.4) is 0 Å². The molecule has 1 aliphatic carbocycles. The highest BCUT2D eigenvalue weighted by Gasteiger charge is 2.29. The van der Waals surface area contributed by atoms with Crippen molar-refractivity contribution in [1.29, 1.82) is 0 Å². The maximum atomic E-state index is 12.6. The average Bonchev–Trinajstić information content (AvgIpc) is 3.22. The second kappa shape index (κ2) is 16.7. The Bertz CT molecular complexity index is 1080. The Morgan fingerprint density at radius 3 is 1.85 bits per heavy atom. The van der Waals surface area contributed by atoms with Crippen LogP contribution in [0.25, 0.3) is 11.1 Å². The minimum Gasteiger partial charge on any atom is -0.481 e. The van der Waals surface area contributed by atoms with Crippen molar-refractivity contribution in [2.45, 2.75) is 109 Å². The Hall–Kier alpha value is -3.15. The molecule has 212 valence electrons.